The lowest BCUT2D eigenvalue weighted by atomic mass is 10.1. The summed E-state index contributed by atoms with van der Waals surface area (Å²) in [5, 5.41) is 10.9. The molecule has 0 radical (unpaired) electrons. The van der Waals surface area contributed by atoms with E-state index >= 15 is 0 Å². The molecule has 2 aliphatic heterocycles. The first-order chi connectivity index (χ1) is 11.2. The summed E-state index contributed by atoms with van der Waals surface area (Å²) >= 11 is 0. The second-order valence-corrected chi connectivity index (χ2v) is 6.23. The molecule has 2 aliphatic rings. The van der Waals surface area contributed by atoms with E-state index in [2.05, 4.69) is 0 Å². The van der Waals surface area contributed by atoms with Crippen LogP contribution in [0, 0.1) is 0 Å². The Balaban J connectivity index is 1.78. The van der Waals surface area contributed by atoms with Gasteiger partial charge in [-0.25, -0.2) is 0 Å². The number of rotatable bonds is 4. The lowest BCUT2D eigenvalue weighted by Gasteiger charge is -2.45. The third kappa shape index (κ3) is 3.72. The van der Waals surface area contributed by atoms with Crippen molar-refractivity contribution in [2.75, 3.05) is 52.6 Å². The quantitative estimate of drug-likeness (QED) is 0.806. The van der Waals surface area contributed by atoms with Crippen LogP contribution in [0.4, 0.5) is 0 Å². The average molecular weight is 321 g/mol. The van der Waals surface area contributed by atoms with E-state index in [4.69, 9.17) is 9.47 Å². The fraction of sp³-hybridized carbons (Fsp3) is 0.588. The number of aliphatic hydroxyl groups excluding tert-OH is 1. The van der Waals surface area contributed by atoms with Crippen LogP contribution in [-0.4, -0.2) is 79.2 Å². The van der Waals surface area contributed by atoms with Gasteiger partial charge in [-0.15, -0.1) is 0 Å². The first kappa shape index (κ1) is 16.4. The van der Waals surface area contributed by atoms with E-state index in [0.717, 1.165) is 5.56 Å². The first-order valence-corrected chi connectivity index (χ1v) is 8.23. The summed E-state index contributed by atoms with van der Waals surface area (Å²) in [5.74, 6) is -0.189. The van der Waals surface area contributed by atoms with Gasteiger partial charge in [-0.1, -0.05) is 30.3 Å². The predicted octanol–water partition coefficient (Wildman–Crippen LogP) is 0.211. The van der Waals surface area contributed by atoms with Gasteiger partial charge in [-0.3, -0.25) is 9.28 Å². The smallest absolute Gasteiger partial charge is 0.310 e. The van der Waals surface area contributed by atoms with E-state index < -0.39 is 6.23 Å². The van der Waals surface area contributed by atoms with E-state index in [1.807, 2.05) is 30.3 Å². The number of hydrogen-bond acceptors (Lipinski definition) is 4. The van der Waals surface area contributed by atoms with Crippen LogP contribution in [0.3, 0.4) is 0 Å². The van der Waals surface area contributed by atoms with Crippen molar-refractivity contribution in [3.05, 3.63) is 35.9 Å². The number of amides is 1. The second-order valence-electron chi connectivity index (χ2n) is 6.23. The zero-order valence-electron chi connectivity index (χ0n) is 13.4. The summed E-state index contributed by atoms with van der Waals surface area (Å²) in [6, 6.07) is 10.0. The maximum Gasteiger partial charge on any atom is 0.310 e. The third-order valence-electron chi connectivity index (χ3n) is 4.76. The zero-order chi connectivity index (χ0) is 16.1. The van der Waals surface area contributed by atoms with Crippen molar-refractivity contribution >= 4 is 5.91 Å². The molecular weight excluding hydrogens is 296 g/mol. The molecule has 1 amide bonds. The van der Waals surface area contributed by atoms with Crippen LogP contribution in [0.5, 0.6) is 0 Å². The Morgan fingerprint density at radius 3 is 2.35 bits per heavy atom. The van der Waals surface area contributed by atoms with Crippen LogP contribution in [0.1, 0.15) is 5.56 Å². The van der Waals surface area contributed by atoms with Crippen molar-refractivity contribution in [1.29, 1.82) is 0 Å². The maximum atomic E-state index is 12.8. The largest absolute Gasteiger partial charge is 0.378 e. The molecule has 1 atom stereocenters. The molecule has 2 fully saturated rings. The number of morpholine rings is 2. The monoisotopic (exact) mass is 321 g/mol. The molecule has 0 aliphatic carbocycles. The van der Waals surface area contributed by atoms with Gasteiger partial charge in [0.15, 0.2) is 0 Å². The normalized spacial score (nSPS) is 22.6. The summed E-state index contributed by atoms with van der Waals surface area (Å²) in [4.78, 5) is 14.5. The Bertz CT molecular complexity index is 511. The average Bonchev–Trinajstić information content (AvgIpc) is 2.63. The SMILES string of the molecule is O=C(C(O)[N+]1(Cc2ccccc2)CCOCC1)N1CCOCC1. The molecule has 0 aromatic heterocycles. The van der Waals surface area contributed by atoms with Gasteiger partial charge in [-0.2, -0.15) is 0 Å². The number of carbonyl (C=O) groups excluding carboxylic acids is 1. The Hall–Kier alpha value is -1.47. The van der Waals surface area contributed by atoms with Crippen molar-refractivity contribution in [3.63, 3.8) is 0 Å². The molecule has 1 aromatic carbocycles. The highest BCUT2D eigenvalue weighted by Gasteiger charge is 2.44. The topological polar surface area (TPSA) is 59.0 Å². The van der Waals surface area contributed by atoms with Gasteiger partial charge in [0, 0.05) is 18.7 Å². The fourth-order valence-corrected chi connectivity index (χ4v) is 3.32. The number of carbonyl (C=O) groups is 1. The van der Waals surface area contributed by atoms with Crippen molar-refractivity contribution in [1.82, 2.24) is 4.90 Å². The zero-order valence-corrected chi connectivity index (χ0v) is 13.4. The molecule has 126 valence electrons. The number of hydrogen-bond donors (Lipinski definition) is 1. The van der Waals surface area contributed by atoms with E-state index in [0.29, 0.717) is 63.6 Å². The van der Waals surface area contributed by atoms with Crippen molar-refractivity contribution in [2.24, 2.45) is 0 Å². The van der Waals surface area contributed by atoms with Gasteiger partial charge in [0.1, 0.15) is 19.6 Å². The summed E-state index contributed by atoms with van der Waals surface area (Å²) in [6.45, 7) is 5.26. The lowest BCUT2D eigenvalue weighted by molar-refractivity contribution is -0.980. The number of ether oxygens (including phenoxy) is 2. The molecule has 0 spiro atoms. The lowest BCUT2D eigenvalue weighted by Crippen LogP contribution is -2.65. The first-order valence-electron chi connectivity index (χ1n) is 8.23. The van der Waals surface area contributed by atoms with Gasteiger partial charge in [0.2, 0.25) is 0 Å². The van der Waals surface area contributed by atoms with E-state index in [1.54, 1.807) is 4.90 Å². The minimum atomic E-state index is -1.04. The standard InChI is InChI=1S/C17H25N2O4/c20-16(18-6-10-22-11-7-18)17(21)19(8-12-23-13-9-19)14-15-4-2-1-3-5-15/h1-5,17,21H,6-14H2/q+1. The van der Waals surface area contributed by atoms with Gasteiger partial charge >= 0.3 is 5.91 Å². The highest BCUT2D eigenvalue weighted by molar-refractivity contribution is 5.79. The highest BCUT2D eigenvalue weighted by atomic mass is 16.5. The Labute approximate surface area is 136 Å². The summed E-state index contributed by atoms with van der Waals surface area (Å²) in [5.41, 5.74) is 1.13. The molecule has 0 saturated carbocycles. The van der Waals surface area contributed by atoms with Gasteiger partial charge in [0.05, 0.1) is 26.4 Å². The van der Waals surface area contributed by atoms with Crippen molar-refractivity contribution in [2.45, 2.75) is 12.8 Å². The molecule has 2 heterocycles. The van der Waals surface area contributed by atoms with Gasteiger partial charge < -0.3 is 19.5 Å². The predicted molar refractivity (Wildman–Crippen MR) is 84.4 cm³/mol. The van der Waals surface area contributed by atoms with Gasteiger partial charge in [-0.05, 0) is 0 Å². The molecule has 6 heteroatoms. The second kappa shape index (κ2) is 7.40. The molecule has 0 bridgehead atoms. The Morgan fingerprint density at radius 1 is 1.09 bits per heavy atom. The maximum absolute atomic E-state index is 12.8. The van der Waals surface area contributed by atoms with Crippen LogP contribution in [-0.2, 0) is 20.8 Å². The minimum Gasteiger partial charge on any atom is -0.378 e. The molecular formula is C17H25N2O4+. The molecule has 1 N–H and O–H groups in total. The van der Waals surface area contributed by atoms with Crippen molar-refractivity contribution in [3.8, 4) is 0 Å². The molecule has 1 aromatic rings. The number of quaternary nitrogens is 1. The third-order valence-corrected chi connectivity index (χ3v) is 4.76. The Kier molecular flexibility index (Phi) is 5.27. The van der Waals surface area contributed by atoms with Gasteiger partial charge in [0.25, 0.3) is 6.23 Å². The fourth-order valence-electron chi connectivity index (χ4n) is 3.32. The van der Waals surface area contributed by atoms with Crippen LogP contribution < -0.4 is 0 Å². The summed E-state index contributed by atoms with van der Waals surface area (Å²) < 4.78 is 11.1. The summed E-state index contributed by atoms with van der Waals surface area (Å²) in [7, 11) is 0. The van der Waals surface area contributed by atoms with Crippen molar-refractivity contribution < 1.29 is 23.9 Å². The van der Waals surface area contributed by atoms with Crippen LogP contribution in [0.25, 0.3) is 0 Å². The molecule has 2 saturated heterocycles. The van der Waals surface area contributed by atoms with E-state index in [9.17, 15) is 9.90 Å². The van der Waals surface area contributed by atoms with E-state index in [-0.39, 0.29) is 5.91 Å². The molecule has 1 unspecified atom stereocenters. The van der Waals surface area contributed by atoms with Crippen LogP contribution >= 0.6 is 0 Å². The molecule has 3 rings (SSSR count). The molecule has 23 heavy (non-hydrogen) atoms. The highest BCUT2D eigenvalue weighted by Crippen LogP contribution is 2.22. The van der Waals surface area contributed by atoms with E-state index in [1.165, 1.54) is 0 Å². The number of aliphatic hydroxyl groups is 1. The number of nitrogens with zero attached hydrogens (tertiary/aromatic N) is 2. The van der Waals surface area contributed by atoms with Crippen LogP contribution in [0.15, 0.2) is 30.3 Å². The number of benzene rings is 1. The summed E-state index contributed by atoms with van der Waals surface area (Å²) in [6.07, 6.45) is -1.04. The molecule has 6 nitrogen and oxygen atoms in total. The minimum absolute atomic E-state index is 0.189. The Morgan fingerprint density at radius 2 is 1.70 bits per heavy atom. The van der Waals surface area contributed by atoms with Crippen LogP contribution in [0.2, 0.25) is 0 Å².